The highest BCUT2D eigenvalue weighted by Crippen LogP contribution is 2.28. The molecule has 0 spiro atoms. The van der Waals surface area contributed by atoms with E-state index in [0.717, 1.165) is 30.0 Å². The Bertz CT molecular complexity index is 912. The average molecular weight is 425 g/mol. The van der Waals surface area contributed by atoms with E-state index in [9.17, 15) is 0 Å². The van der Waals surface area contributed by atoms with Crippen LogP contribution in [0.3, 0.4) is 0 Å². The topological polar surface area (TPSA) is 59.1 Å². The summed E-state index contributed by atoms with van der Waals surface area (Å²) in [4.78, 5) is 9.00. The lowest BCUT2D eigenvalue weighted by Gasteiger charge is -2.21. The molecule has 0 bridgehead atoms. The maximum atomic E-state index is 6.38. The summed E-state index contributed by atoms with van der Waals surface area (Å²) in [5.74, 6) is 1.45. The van der Waals surface area contributed by atoms with Crippen LogP contribution in [-0.2, 0) is 0 Å². The zero-order valence-electron chi connectivity index (χ0n) is 18.1. The van der Waals surface area contributed by atoms with Crippen LogP contribution in [0.4, 0.5) is 5.95 Å². The molecule has 3 aromatic rings. The summed E-state index contributed by atoms with van der Waals surface area (Å²) in [7, 11) is 1.96. The van der Waals surface area contributed by atoms with Crippen LogP contribution in [0.25, 0.3) is 11.3 Å². The number of rotatable bonds is 8. The Morgan fingerprint density at radius 1 is 1.00 bits per heavy atom. The number of nitrogens with zero attached hydrogens (tertiary/aromatic N) is 2. The van der Waals surface area contributed by atoms with E-state index in [-0.39, 0.29) is 25.1 Å². The molecular weight excluding hydrogens is 392 g/mol. The molecule has 0 saturated carbocycles. The Kier molecular flexibility index (Phi) is 8.69. The first-order valence-electron chi connectivity index (χ1n) is 10.0. The van der Waals surface area contributed by atoms with E-state index in [1.165, 1.54) is 5.56 Å². The van der Waals surface area contributed by atoms with Crippen molar-refractivity contribution in [2.45, 2.75) is 38.8 Å². The number of benzene rings is 2. The summed E-state index contributed by atoms with van der Waals surface area (Å²) in [5.41, 5.74) is 2.94. The summed E-state index contributed by atoms with van der Waals surface area (Å²) in [6.45, 7) is 7.15. The van der Waals surface area contributed by atoms with Gasteiger partial charge in [-0.05, 0) is 58.1 Å². The van der Waals surface area contributed by atoms with Crippen molar-refractivity contribution in [1.29, 1.82) is 0 Å². The minimum Gasteiger partial charge on any atom is -0.486 e. The van der Waals surface area contributed by atoms with Gasteiger partial charge in [0.05, 0.1) is 5.69 Å². The van der Waals surface area contributed by atoms with Gasteiger partial charge in [0.15, 0.2) is 0 Å². The molecule has 6 heteroatoms. The van der Waals surface area contributed by atoms with E-state index in [1.807, 2.05) is 55.6 Å². The Hall–Kier alpha value is -2.57. The molecule has 1 aromatic heterocycles. The smallest absolute Gasteiger partial charge is 0.223 e. The fourth-order valence-corrected chi connectivity index (χ4v) is 3.04. The van der Waals surface area contributed by atoms with Crippen molar-refractivity contribution >= 4 is 19.4 Å². The van der Waals surface area contributed by atoms with Crippen molar-refractivity contribution < 1.29 is 4.74 Å². The van der Waals surface area contributed by atoms with E-state index in [1.54, 1.807) is 6.20 Å². The molecule has 0 aliphatic rings. The molecule has 0 aliphatic heterocycles. The lowest BCUT2D eigenvalue weighted by molar-refractivity contribution is 0.195. The van der Waals surface area contributed by atoms with E-state index in [2.05, 4.69) is 53.5 Å². The SMILES string of the molecule is CNCC[C@H](Oc1cccc(-c2ccnc(NC(C)(C)C)n2)c1)c1ccccc1.S. The molecule has 0 unspecified atom stereocenters. The summed E-state index contributed by atoms with van der Waals surface area (Å²) in [6, 6.07) is 20.3. The molecule has 0 amide bonds. The summed E-state index contributed by atoms with van der Waals surface area (Å²) < 4.78 is 6.38. The number of anilines is 1. The Labute approximate surface area is 186 Å². The van der Waals surface area contributed by atoms with Crippen molar-refractivity contribution in [1.82, 2.24) is 15.3 Å². The lowest BCUT2D eigenvalue weighted by atomic mass is 10.1. The molecule has 2 aromatic carbocycles. The van der Waals surface area contributed by atoms with Crippen LogP contribution >= 0.6 is 13.5 Å². The van der Waals surface area contributed by atoms with Crippen LogP contribution in [0, 0.1) is 0 Å². The van der Waals surface area contributed by atoms with Crippen molar-refractivity contribution in [3.63, 3.8) is 0 Å². The predicted molar refractivity (Wildman–Crippen MR) is 130 cm³/mol. The molecule has 1 atom stereocenters. The molecule has 0 aliphatic carbocycles. The largest absolute Gasteiger partial charge is 0.486 e. The predicted octanol–water partition coefficient (Wildman–Crippen LogP) is 5.20. The molecule has 0 saturated heterocycles. The first-order chi connectivity index (χ1) is 13.9. The van der Waals surface area contributed by atoms with Gasteiger partial charge in [-0.3, -0.25) is 0 Å². The third kappa shape index (κ3) is 7.04. The Morgan fingerprint density at radius 3 is 2.47 bits per heavy atom. The summed E-state index contributed by atoms with van der Waals surface area (Å²) in [5, 5.41) is 6.53. The standard InChI is InChI=1S/C24H30N4O.H2S/c1-24(2,3)28-23-26-16-13-21(27-23)19-11-8-12-20(17-19)29-22(14-15-25-4)18-9-6-5-7-10-18;/h5-13,16-17,22,25H,14-15H2,1-4H3,(H,26,27,28);1H2/t22-;/m0./s1. The maximum absolute atomic E-state index is 6.38. The van der Waals surface area contributed by atoms with E-state index in [4.69, 9.17) is 4.74 Å². The van der Waals surface area contributed by atoms with Gasteiger partial charge in [-0.25, -0.2) is 9.97 Å². The molecular formula is C24H32N4OS. The van der Waals surface area contributed by atoms with Gasteiger partial charge in [0, 0.05) is 23.7 Å². The van der Waals surface area contributed by atoms with Crippen molar-refractivity contribution in [3.05, 3.63) is 72.4 Å². The molecule has 0 fully saturated rings. The number of aromatic nitrogens is 2. The van der Waals surface area contributed by atoms with E-state index >= 15 is 0 Å². The number of hydrogen-bond acceptors (Lipinski definition) is 5. The van der Waals surface area contributed by atoms with Crippen LogP contribution < -0.4 is 15.4 Å². The fraction of sp³-hybridized carbons (Fsp3) is 0.333. The molecule has 0 radical (unpaired) electrons. The molecule has 160 valence electrons. The first kappa shape index (κ1) is 23.7. The second-order valence-electron chi connectivity index (χ2n) is 8.08. The van der Waals surface area contributed by atoms with E-state index < -0.39 is 0 Å². The molecule has 1 heterocycles. The second-order valence-corrected chi connectivity index (χ2v) is 8.08. The first-order valence-corrected chi connectivity index (χ1v) is 10.0. The Morgan fingerprint density at radius 2 is 1.77 bits per heavy atom. The molecule has 30 heavy (non-hydrogen) atoms. The van der Waals surface area contributed by atoms with Gasteiger partial charge in [0.2, 0.25) is 5.95 Å². The monoisotopic (exact) mass is 424 g/mol. The number of ether oxygens (including phenoxy) is 1. The van der Waals surface area contributed by atoms with Gasteiger partial charge in [0.1, 0.15) is 11.9 Å². The van der Waals surface area contributed by atoms with Crippen molar-refractivity contribution in [2.75, 3.05) is 18.9 Å². The minimum atomic E-state index is -0.0974. The second kappa shape index (κ2) is 11.0. The van der Waals surface area contributed by atoms with Gasteiger partial charge in [0.25, 0.3) is 0 Å². The molecule has 3 rings (SSSR count). The van der Waals surface area contributed by atoms with Gasteiger partial charge in [-0.1, -0.05) is 42.5 Å². The summed E-state index contributed by atoms with van der Waals surface area (Å²) in [6.07, 6.45) is 2.66. The fourth-order valence-electron chi connectivity index (χ4n) is 3.04. The maximum Gasteiger partial charge on any atom is 0.223 e. The van der Waals surface area contributed by atoms with E-state index in [0.29, 0.717) is 5.95 Å². The normalized spacial score (nSPS) is 12.0. The average Bonchev–Trinajstić information content (AvgIpc) is 2.71. The van der Waals surface area contributed by atoms with Gasteiger partial charge in [-0.2, -0.15) is 13.5 Å². The minimum absolute atomic E-state index is 0. The third-order valence-electron chi connectivity index (χ3n) is 4.38. The van der Waals surface area contributed by atoms with Crippen LogP contribution in [0.2, 0.25) is 0 Å². The van der Waals surface area contributed by atoms with Crippen LogP contribution in [-0.4, -0.2) is 29.1 Å². The highest BCUT2D eigenvalue weighted by molar-refractivity contribution is 7.59. The highest BCUT2D eigenvalue weighted by Gasteiger charge is 2.14. The van der Waals surface area contributed by atoms with Crippen molar-refractivity contribution in [3.8, 4) is 17.0 Å². The summed E-state index contributed by atoms with van der Waals surface area (Å²) >= 11 is 0. The van der Waals surface area contributed by atoms with Crippen LogP contribution in [0.15, 0.2) is 66.9 Å². The van der Waals surface area contributed by atoms with Crippen molar-refractivity contribution in [2.24, 2.45) is 0 Å². The highest BCUT2D eigenvalue weighted by atomic mass is 32.1. The zero-order chi connectivity index (χ0) is 20.7. The number of nitrogens with one attached hydrogen (secondary N) is 2. The van der Waals surface area contributed by atoms with Crippen LogP contribution in [0.5, 0.6) is 5.75 Å². The van der Waals surface area contributed by atoms with Crippen LogP contribution in [0.1, 0.15) is 38.9 Å². The third-order valence-corrected chi connectivity index (χ3v) is 4.38. The van der Waals surface area contributed by atoms with Gasteiger partial charge < -0.3 is 15.4 Å². The Balaban J connectivity index is 0.00000320. The molecule has 2 N–H and O–H groups in total. The zero-order valence-corrected chi connectivity index (χ0v) is 19.1. The van der Waals surface area contributed by atoms with Gasteiger partial charge >= 0.3 is 0 Å². The van der Waals surface area contributed by atoms with Gasteiger partial charge in [-0.15, -0.1) is 0 Å². The lowest BCUT2D eigenvalue weighted by Crippen LogP contribution is -2.27. The quantitative estimate of drug-likeness (QED) is 0.521. The molecule has 5 nitrogen and oxygen atoms in total. The number of hydrogen-bond donors (Lipinski definition) is 2.